The first-order valence-corrected chi connectivity index (χ1v) is 13.3. The minimum atomic E-state index is -3.62. The van der Waals surface area contributed by atoms with Gasteiger partial charge in [0.05, 0.1) is 4.90 Å². The number of piperidine rings is 1. The molecule has 2 aromatic rings. The highest BCUT2D eigenvalue weighted by Crippen LogP contribution is 2.31. The maximum Gasteiger partial charge on any atom is 0.248 e. The van der Waals surface area contributed by atoms with Crippen LogP contribution < -0.4 is 0 Å². The summed E-state index contributed by atoms with van der Waals surface area (Å²) < 4.78 is 34.6. The molecule has 2 aromatic carbocycles. The van der Waals surface area contributed by atoms with Crippen molar-refractivity contribution in [2.45, 2.75) is 49.1 Å². The Bertz CT molecular complexity index is 1070. The van der Waals surface area contributed by atoms with Crippen molar-refractivity contribution >= 4 is 26.7 Å². The van der Waals surface area contributed by atoms with Crippen LogP contribution in [0.15, 0.2) is 47.4 Å². The van der Waals surface area contributed by atoms with Gasteiger partial charge in [-0.05, 0) is 51.2 Å². The molecule has 2 unspecified atom stereocenters. The van der Waals surface area contributed by atoms with E-state index in [1.165, 1.54) is 0 Å². The van der Waals surface area contributed by atoms with E-state index in [0.717, 1.165) is 49.5 Å². The highest BCUT2D eigenvalue weighted by molar-refractivity contribution is 7.89. The molecule has 0 saturated carbocycles. The van der Waals surface area contributed by atoms with E-state index < -0.39 is 10.0 Å². The zero-order chi connectivity index (χ0) is 23.4. The first-order valence-electron chi connectivity index (χ1n) is 11.9. The maximum atomic E-state index is 13.6. The Labute approximate surface area is 197 Å². The molecule has 0 N–H and O–H groups in total. The fourth-order valence-corrected chi connectivity index (χ4v) is 6.93. The summed E-state index contributed by atoms with van der Waals surface area (Å²) in [5, 5.41) is 1.68. The van der Waals surface area contributed by atoms with Gasteiger partial charge in [-0.2, -0.15) is 4.31 Å². The molecule has 2 aliphatic heterocycles. The summed E-state index contributed by atoms with van der Waals surface area (Å²) in [6, 6.07) is 13.4. The summed E-state index contributed by atoms with van der Waals surface area (Å²) in [7, 11) is 0.457. The Kier molecular flexibility index (Phi) is 7.69. The van der Waals surface area contributed by atoms with E-state index in [2.05, 4.69) is 4.90 Å². The van der Waals surface area contributed by atoms with Gasteiger partial charge in [0.25, 0.3) is 0 Å². The van der Waals surface area contributed by atoms with Gasteiger partial charge in [-0.25, -0.2) is 8.42 Å². The first-order chi connectivity index (χ1) is 15.9. The molecule has 0 aromatic heterocycles. The van der Waals surface area contributed by atoms with Crippen LogP contribution in [0.3, 0.4) is 0 Å². The quantitative estimate of drug-likeness (QED) is 0.552. The van der Waals surface area contributed by atoms with Crippen LogP contribution in [0.4, 0.5) is 0 Å². The fourth-order valence-electron chi connectivity index (χ4n) is 4.99. The zero-order valence-corrected chi connectivity index (χ0v) is 20.5. The number of likely N-dealkylation sites (N-methyl/N-ethyl adjacent to an activating group) is 1. The Morgan fingerprint density at radius 2 is 1.85 bits per heavy atom. The lowest BCUT2D eigenvalue weighted by molar-refractivity contribution is -0.135. The van der Waals surface area contributed by atoms with Gasteiger partial charge in [-0.1, -0.05) is 42.8 Å². The number of rotatable bonds is 8. The number of likely N-dealkylation sites (tertiary alicyclic amines) is 1. The van der Waals surface area contributed by atoms with Gasteiger partial charge in [0.2, 0.25) is 15.9 Å². The molecular weight excluding hydrogens is 438 g/mol. The molecule has 8 heteroatoms. The number of fused-ring (bicyclic) bond motifs is 1. The molecule has 0 spiro atoms. The summed E-state index contributed by atoms with van der Waals surface area (Å²) in [5.41, 5.74) is 0. The number of ether oxygens (including phenoxy) is 1. The van der Waals surface area contributed by atoms with E-state index in [4.69, 9.17) is 4.74 Å². The molecule has 2 saturated heterocycles. The largest absolute Gasteiger partial charge is 0.372 e. The fraction of sp³-hybridized carbons (Fsp3) is 0.560. The molecule has 2 aliphatic rings. The third-order valence-corrected chi connectivity index (χ3v) is 8.99. The maximum absolute atomic E-state index is 13.6. The van der Waals surface area contributed by atoms with Crippen LogP contribution in [-0.4, -0.2) is 87.5 Å². The van der Waals surface area contributed by atoms with Crippen molar-refractivity contribution in [1.29, 1.82) is 0 Å². The highest BCUT2D eigenvalue weighted by Gasteiger charge is 2.34. The molecule has 180 valence electrons. The third kappa shape index (κ3) is 5.40. The van der Waals surface area contributed by atoms with Crippen molar-refractivity contribution in [3.63, 3.8) is 0 Å². The lowest BCUT2D eigenvalue weighted by Crippen LogP contribution is -2.44. The second kappa shape index (κ2) is 10.5. The number of hydrogen-bond donors (Lipinski definition) is 0. The predicted octanol–water partition coefficient (Wildman–Crippen LogP) is 2.95. The van der Waals surface area contributed by atoms with Crippen molar-refractivity contribution in [2.75, 3.05) is 46.9 Å². The third-order valence-electron chi connectivity index (χ3n) is 6.98. The van der Waals surface area contributed by atoms with Crippen LogP contribution in [0.2, 0.25) is 0 Å². The topological polar surface area (TPSA) is 70.2 Å². The number of carbonyl (C=O) groups is 1. The first kappa shape index (κ1) is 24.1. The van der Waals surface area contributed by atoms with Crippen LogP contribution in [0.1, 0.15) is 32.1 Å². The Morgan fingerprint density at radius 1 is 1.06 bits per heavy atom. The summed E-state index contributed by atoms with van der Waals surface area (Å²) >= 11 is 0. The van der Waals surface area contributed by atoms with Crippen molar-refractivity contribution in [2.24, 2.45) is 0 Å². The number of nitrogens with zero attached hydrogens (tertiary/aromatic N) is 3. The zero-order valence-electron chi connectivity index (χ0n) is 19.7. The normalized spacial score (nSPS) is 22.3. The van der Waals surface area contributed by atoms with Gasteiger partial charge >= 0.3 is 0 Å². The minimum Gasteiger partial charge on any atom is -0.372 e. The molecule has 2 fully saturated rings. The monoisotopic (exact) mass is 473 g/mol. The second-order valence-corrected chi connectivity index (χ2v) is 11.2. The van der Waals surface area contributed by atoms with Crippen LogP contribution in [-0.2, 0) is 19.6 Å². The Morgan fingerprint density at radius 3 is 2.64 bits per heavy atom. The lowest BCUT2D eigenvalue weighted by atomic mass is 10.0. The van der Waals surface area contributed by atoms with Gasteiger partial charge in [-0.15, -0.1) is 0 Å². The van der Waals surface area contributed by atoms with Crippen molar-refractivity contribution in [1.82, 2.24) is 14.1 Å². The summed E-state index contributed by atoms with van der Waals surface area (Å²) in [5.74, 6) is 0.0169. The number of benzene rings is 2. The Hall–Kier alpha value is -2.00. The smallest absolute Gasteiger partial charge is 0.248 e. The average Bonchev–Trinajstić information content (AvgIpc) is 3.32. The van der Waals surface area contributed by atoms with Crippen LogP contribution in [0, 0.1) is 0 Å². The summed E-state index contributed by atoms with van der Waals surface area (Å²) in [6.45, 7) is 2.47. The predicted molar refractivity (Wildman–Crippen MR) is 130 cm³/mol. The van der Waals surface area contributed by atoms with E-state index in [0.29, 0.717) is 30.5 Å². The van der Waals surface area contributed by atoms with Gasteiger partial charge in [0.1, 0.15) is 6.61 Å². The summed E-state index contributed by atoms with van der Waals surface area (Å²) in [6.07, 6.45) is 4.27. The molecule has 0 aliphatic carbocycles. The molecule has 2 atom stereocenters. The van der Waals surface area contributed by atoms with Crippen molar-refractivity contribution < 1.29 is 17.9 Å². The average molecular weight is 474 g/mol. The minimum absolute atomic E-state index is 0.0169. The van der Waals surface area contributed by atoms with Crippen LogP contribution >= 0.6 is 0 Å². The van der Waals surface area contributed by atoms with E-state index in [9.17, 15) is 13.2 Å². The van der Waals surface area contributed by atoms with E-state index >= 15 is 0 Å². The van der Waals surface area contributed by atoms with Gasteiger partial charge < -0.3 is 14.5 Å². The Balaban J connectivity index is 1.36. The molecule has 7 nitrogen and oxygen atoms in total. The van der Waals surface area contributed by atoms with E-state index in [1.807, 2.05) is 55.4 Å². The highest BCUT2D eigenvalue weighted by atomic mass is 32.2. The van der Waals surface area contributed by atoms with Gasteiger partial charge in [0.15, 0.2) is 0 Å². The molecule has 1 amide bonds. The van der Waals surface area contributed by atoms with E-state index in [1.54, 1.807) is 10.4 Å². The number of carbonyl (C=O) groups excluding carboxylic acids is 1. The number of sulfonamides is 1. The molecule has 4 rings (SSSR count). The molecule has 0 radical (unpaired) electrons. The van der Waals surface area contributed by atoms with Gasteiger partial charge in [0, 0.05) is 43.7 Å². The SMILES string of the molecule is CN(C)C1CCN(C(=O)COCCC2CCCCN2S(=O)(=O)c2cccc3ccccc23)C1. The van der Waals surface area contributed by atoms with Crippen LogP contribution in [0.5, 0.6) is 0 Å². The standard InChI is InChI=1S/C25H35N3O4S/c1-26(2)22-13-16-27(18-22)25(29)19-32-17-14-21-10-5-6-15-28(21)33(30,31)24-12-7-9-20-8-3-4-11-23(20)24/h3-4,7-9,11-12,21-22H,5-6,10,13-19H2,1-2H3. The molecule has 33 heavy (non-hydrogen) atoms. The number of amides is 1. The van der Waals surface area contributed by atoms with Crippen molar-refractivity contribution in [3.8, 4) is 0 Å². The molecule has 0 bridgehead atoms. The second-order valence-electron chi connectivity index (χ2n) is 9.33. The number of hydrogen-bond acceptors (Lipinski definition) is 5. The molecule has 2 heterocycles. The lowest BCUT2D eigenvalue weighted by Gasteiger charge is -2.35. The van der Waals surface area contributed by atoms with Crippen molar-refractivity contribution in [3.05, 3.63) is 42.5 Å². The van der Waals surface area contributed by atoms with E-state index in [-0.39, 0.29) is 18.6 Å². The molecular formula is C25H35N3O4S. The summed E-state index contributed by atoms with van der Waals surface area (Å²) in [4.78, 5) is 16.9. The van der Waals surface area contributed by atoms with Crippen LogP contribution in [0.25, 0.3) is 10.8 Å². The van der Waals surface area contributed by atoms with Gasteiger partial charge in [-0.3, -0.25) is 4.79 Å².